The molecule has 0 aliphatic carbocycles. The van der Waals surface area contributed by atoms with E-state index in [-0.39, 0.29) is 58.0 Å². The van der Waals surface area contributed by atoms with E-state index < -0.39 is 24.0 Å². The van der Waals surface area contributed by atoms with Crippen molar-refractivity contribution in [3.8, 4) is 17.6 Å². The van der Waals surface area contributed by atoms with Crippen molar-refractivity contribution in [1.82, 2.24) is 4.90 Å². The van der Waals surface area contributed by atoms with Gasteiger partial charge in [-0.2, -0.15) is 5.26 Å². The van der Waals surface area contributed by atoms with Gasteiger partial charge in [0.05, 0.1) is 38.3 Å². The fourth-order valence-corrected chi connectivity index (χ4v) is 6.36. The summed E-state index contributed by atoms with van der Waals surface area (Å²) in [7, 11) is 1.36. The number of nitrogens with zero attached hydrogens (tertiary/aromatic N) is 5. The van der Waals surface area contributed by atoms with Gasteiger partial charge in [-0.05, 0) is 51.8 Å². The van der Waals surface area contributed by atoms with Crippen LogP contribution in [0.25, 0.3) is 10.8 Å². The van der Waals surface area contributed by atoms with E-state index in [1.54, 1.807) is 24.3 Å². The lowest BCUT2D eigenvalue weighted by atomic mass is 9.93. The van der Waals surface area contributed by atoms with Gasteiger partial charge in [-0.1, -0.05) is 30.3 Å². The van der Waals surface area contributed by atoms with Gasteiger partial charge in [0.1, 0.15) is 36.0 Å². The number of ether oxygens (including phenoxy) is 1. The van der Waals surface area contributed by atoms with E-state index in [4.69, 9.17) is 4.74 Å². The van der Waals surface area contributed by atoms with Gasteiger partial charge in [0.2, 0.25) is 0 Å². The molecule has 0 saturated carbocycles. The van der Waals surface area contributed by atoms with E-state index in [2.05, 4.69) is 26.2 Å². The van der Waals surface area contributed by atoms with Gasteiger partial charge in [0.25, 0.3) is 11.8 Å². The van der Waals surface area contributed by atoms with E-state index in [0.717, 1.165) is 16.2 Å². The fraction of sp³-hybridized carbons (Fsp3) is 0.219. The lowest BCUT2D eigenvalue weighted by Crippen LogP contribution is -2.44. The van der Waals surface area contributed by atoms with Crippen LogP contribution in [0, 0.1) is 11.3 Å². The third kappa shape index (κ3) is 5.15. The number of para-hydroxylation sites is 1. The highest BCUT2D eigenvalue weighted by atomic mass is 79.9. The number of β-amino-alcohol motifs (C(OH)–C–C–N with tert-alkyl or cyclic N) is 2. The number of carbonyl (C=O) groups excluding carboxylic acids is 2. The molecular formula is C32H26BrN5O6. The number of fused-ring (bicyclic) bond motifs is 4. The average molecular weight is 656 g/mol. The quantitative estimate of drug-likeness (QED) is 0.186. The fourth-order valence-electron chi connectivity index (χ4n) is 5.68. The molecule has 0 bridgehead atoms. The minimum Gasteiger partial charge on any atom is -0.507 e. The van der Waals surface area contributed by atoms with Crippen molar-refractivity contribution in [2.24, 2.45) is 10.2 Å². The molecule has 4 aromatic carbocycles. The maximum atomic E-state index is 12.7. The van der Waals surface area contributed by atoms with Gasteiger partial charge < -0.3 is 25.0 Å². The molecule has 2 unspecified atom stereocenters. The highest BCUT2D eigenvalue weighted by Crippen LogP contribution is 2.45. The molecule has 2 aliphatic rings. The Hall–Kier alpha value is -4.83. The molecule has 11 nitrogen and oxygen atoms in total. The lowest BCUT2D eigenvalue weighted by molar-refractivity contribution is 0.0692. The van der Waals surface area contributed by atoms with E-state index in [9.17, 15) is 30.2 Å². The zero-order valence-electron chi connectivity index (χ0n) is 23.4. The largest absolute Gasteiger partial charge is 0.507 e. The van der Waals surface area contributed by atoms with E-state index in [1.807, 2.05) is 35.2 Å². The molecule has 0 aromatic heterocycles. The summed E-state index contributed by atoms with van der Waals surface area (Å²) in [5.41, 5.74) is 2.03. The number of rotatable bonds is 7. The first-order chi connectivity index (χ1) is 21.2. The van der Waals surface area contributed by atoms with Crippen LogP contribution in [0.3, 0.4) is 0 Å². The van der Waals surface area contributed by atoms with Crippen LogP contribution in [0.1, 0.15) is 31.8 Å². The Bertz CT molecular complexity index is 1890. The molecule has 3 N–H and O–H groups in total. The zero-order valence-corrected chi connectivity index (χ0v) is 25.0. The number of anilines is 1. The Morgan fingerprint density at radius 3 is 2.64 bits per heavy atom. The number of hydrogen-bond acceptors (Lipinski definition) is 10. The first-order valence-electron chi connectivity index (χ1n) is 13.7. The summed E-state index contributed by atoms with van der Waals surface area (Å²) in [6.45, 7) is 0.468. The van der Waals surface area contributed by atoms with Crippen molar-refractivity contribution in [3.63, 3.8) is 0 Å². The molecule has 0 fully saturated rings. The Morgan fingerprint density at radius 2 is 1.89 bits per heavy atom. The highest BCUT2D eigenvalue weighted by Gasteiger charge is 2.37. The van der Waals surface area contributed by atoms with Crippen LogP contribution in [-0.2, 0) is 6.42 Å². The number of carbonyl (C=O) groups is 2. The minimum absolute atomic E-state index is 0.0376. The molecule has 0 radical (unpaired) electrons. The molecule has 6 rings (SSSR count). The van der Waals surface area contributed by atoms with Gasteiger partial charge in [-0.3, -0.25) is 14.5 Å². The second-order valence-corrected chi connectivity index (χ2v) is 11.4. The summed E-state index contributed by atoms with van der Waals surface area (Å²) in [5, 5.41) is 52.1. The Kier molecular flexibility index (Phi) is 7.77. The van der Waals surface area contributed by atoms with E-state index in [1.165, 1.54) is 19.2 Å². The average Bonchev–Trinajstić information content (AvgIpc) is 3.23. The SMILES string of the molecule is CN1C(=O)c2cc(C#N)c(N=Nc3cc4c(c5cccc(O)c35)N(CC(O)COc3ccccc3)CC(O)C4)c(Br)c2C1=O. The third-order valence-corrected chi connectivity index (χ3v) is 8.43. The van der Waals surface area contributed by atoms with Crippen LogP contribution in [0.4, 0.5) is 17.1 Å². The number of nitriles is 1. The number of amides is 2. The van der Waals surface area contributed by atoms with Crippen LogP contribution in [-0.4, -0.2) is 71.0 Å². The van der Waals surface area contributed by atoms with Crippen molar-refractivity contribution < 1.29 is 29.6 Å². The topological polar surface area (TPSA) is 159 Å². The molecule has 0 saturated heterocycles. The summed E-state index contributed by atoms with van der Waals surface area (Å²) in [6, 6.07) is 19.2. The minimum atomic E-state index is -0.879. The number of phenolic OH excluding ortho intramolecular Hbond substituents is 1. The Labute approximate surface area is 260 Å². The summed E-state index contributed by atoms with van der Waals surface area (Å²) >= 11 is 3.36. The zero-order chi connectivity index (χ0) is 31.1. The van der Waals surface area contributed by atoms with Crippen LogP contribution < -0.4 is 9.64 Å². The molecule has 2 amide bonds. The van der Waals surface area contributed by atoms with Crippen molar-refractivity contribution in [2.75, 3.05) is 31.6 Å². The molecule has 44 heavy (non-hydrogen) atoms. The normalized spacial score (nSPS) is 16.8. The second-order valence-electron chi connectivity index (χ2n) is 10.6. The van der Waals surface area contributed by atoms with Gasteiger partial charge in [0, 0.05) is 37.6 Å². The number of aliphatic hydroxyl groups is 2. The summed E-state index contributed by atoms with van der Waals surface area (Å²) in [4.78, 5) is 28.1. The second kappa shape index (κ2) is 11.7. The number of phenols is 1. The van der Waals surface area contributed by atoms with Crippen LogP contribution in [0.15, 0.2) is 75.4 Å². The predicted octanol–water partition coefficient (Wildman–Crippen LogP) is 4.98. The number of azo groups is 1. The number of halogens is 1. The third-order valence-electron chi connectivity index (χ3n) is 7.66. The number of imide groups is 1. The van der Waals surface area contributed by atoms with Gasteiger partial charge in [-0.25, -0.2) is 0 Å². The van der Waals surface area contributed by atoms with Crippen molar-refractivity contribution in [3.05, 3.63) is 87.4 Å². The maximum absolute atomic E-state index is 12.7. The summed E-state index contributed by atoms with van der Waals surface area (Å²) in [5.74, 6) is -0.473. The smallest absolute Gasteiger partial charge is 0.262 e. The molecule has 2 atom stereocenters. The lowest BCUT2D eigenvalue weighted by Gasteiger charge is -2.36. The van der Waals surface area contributed by atoms with E-state index in [0.29, 0.717) is 22.9 Å². The first-order valence-corrected chi connectivity index (χ1v) is 14.5. The molecular weight excluding hydrogens is 630 g/mol. The number of aliphatic hydroxyl groups excluding tert-OH is 2. The summed E-state index contributed by atoms with van der Waals surface area (Å²) in [6.07, 6.45) is -1.32. The van der Waals surface area contributed by atoms with Crippen LogP contribution in [0.5, 0.6) is 11.5 Å². The predicted molar refractivity (Wildman–Crippen MR) is 165 cm³/mol. The molecule has 12 heteroatoms. The monoisotopic (exact) mass is 655 g/mol. The molecule has 2 heterocycles. The van der Waals surface area contributed by atoms with Crippen LogP contribution >= 0.6 is 15.9 Å². The van der Waals surface area contributed by atoms with Gasteiger partial charge in [-0.15, -0.1) is 10.2 Å². The molecule has 0 spiro atoms. The van der Waals surface area contributed by atoms with E-state index >= 15 is 0 Å². The van der Waals surface area contributed by atoms with Gasteiger partial charge >= 0.3 is 0 Å². The maximum Gasteiger partial charge on any atom is 0.262 e. The molecule has 4 aromatic rings. The van der Waals surface area contributed by atoms with Crippen molar-refractivity contribution in [1.29, 1.82) is 5.26 Å². The number of benzene rings is 4. The molecule has 2 aliphatic heterocycles. The van der Waals surface area contributed by atoms with Crippen LogP contribution in [0.2, 0.25) is 0 Å². The van der Waals surface area contributed by atoms with Crippen molar-refractivity contribution in [2.45, 2.75) is 18.6 Å². The Morgan fingerprint density at radius 1 is 1.11 bits per heavy atom. The number of hydrogen-bond donors (Lipinski definition) is 3. The highest BCUT2D eigenvalue weighted by molar-refractivity contribution is 9.10. The standard InChI is InChI=1S/C32H26BrN5O6/c1-37-31(42)23-11-18(13-34)29(28(33)27(23)32(37)43)36-35-24-12-17-10-19(39)14-38(30(17)22-8-5-9-25(41)26(22)24)15-20(40)16-44-21-6-3-2-4-7-21/h2-9,11-12,19-20,39-41H,10,14-16H2,1H3. The van der Waals surface area contributed by atoms with Gasteiger partial charge in [0.15, 0.2) is 0 Å². The molecule has 222 valence electrons. The summed E-state index contributed by atoms with van der Waals surface area (Å²) < 4.78 is 5.89. The Balaban J connectivity index is 1.39. The number of aromatic hydroxyl groups is 1. The first kappa shape index (κ1) is 29.3. The van der Waals surface area contributed by atoms with Crippen molar-refractivity contribution >= 4 is 55.6 Å².